The minimum atomic E-state index is -4.11. The zero-order chi connectivity index (χ0) is 22.0. The Morgan fingerprint density at radius 1 is 1.23 bits per heavy atom. The van der Waals surface area contributed by atoms with Crippen LogP contribution in [0.3, 0.4) is 0 Å². The van der Waals surface area contributed by atoms with Gasteiger partial charge in [-0.15, -0.1) is 0 Å². The minimum absolute atomic E-state index is 0.0694. The Balaban J connectivity index is 1.65. The number of aromatic amines is 1. The molecule has 3 aromatic rings. The van der Waals surface area contributed by atoms with Crippen molar-refractivity contribution in [3.63, 3.8) is 0 Å². The molecule has 1 N–H and O–H groups in total. The van der Waals surface area contributed by atoms with Crippen LogP contribution in [0.4, 0.5) is 4.39 Å². The van der Waals surface area contributed by atoms with E-state index in [0.29, 0.717) is 24.7 Å². The molecule has 2 aromatic carbocycles. The number of aryl methyl sites for hydroxylation is 1. The van der Waals surface area contributed by atoms with Crippen LogP contribution < -0.4 is 4.74 Å². The number of ether oxygens (including phenoxy) is 2. The molecule has 0 radical (unpaired) electrons. The van der Waals surface area contributed by atoms with E-state index >= 15 is 0 Å². The highest BCUT2D eigenvalue weighted by Crippen LogP contribution is 2.39. The van der Waals surface area contributed by atoms with Gasteiger partial charge in [0.2, 0.25) is 10.0 Å². The van der Waals surface area contributed by atoms with Crippen LogP contribution in [0.1, 0.15) is 29.7 Å². The predicted octanol–water partition coefficient (Wildman–Crippen LogP) is 2.98. The molecule has 1 aliphatic rings. The second-order valence-electron chi connectivity index (χ2n) is 7.32. The van der Waals surface area contributed by atoms with Crippen molar-refractivity contribution in [3.8, 4) is 5.75 Å². The number of nitrogens with one attached hydrogen (secondary N) is 1. The molecule has 0 aliphatic carbocycles. The van der Waals surface area contributed by atoms with Crippen LogP contribution in [0.2, 0.25) is 0 Å². The van der Waals surface area contributed by atoms with E-state index < -0.39 is 21.9 Å². The first kappa shape index (κ1) is 21.4. The van der Waals surface area contributed by atoms with Gasteiger partial charge in [0.15, 0.2) is 5.82 Å². The quantitative estimate of drug-likeness (QED) is 0.599. The smallest absolute Gasteiger partial charge is 0.247 e. The number of sulfonamides is 1. The molecule has 0 amide bonds. The van der Waals surface area contributed by atoms with Crippen molar-refractivity contribution >= 4 is 10.0 Å². The summed E-state index contributed by atoms with van der Waals surface area (Å²) in [5.74, 6) is 0.326. The highest BCUT2D eigenvalue weighted by Gasteiger charge is 2.44. The molecule has 0 bridgehead atoms. The number of aromatic nitrogens is 3. The first-order valence-electron chi connectivity index (χ1n) is 9.78. The largest absolute Gasteiger partial charge is 0.495 e. The Kier molecular flexibility index (Phi) is 6.03. The SMILES string of the molecule is COc1ccc(F)cc1S(=O)(=O)N1C[C@@H](OCc2ccccc2)C[C@H]1c1n[nH]c(C)n1. The molecule has 8 nitrogen and oxygen atoms in total. The number of hydrogen-bond acceptors (Lipinski definition) is 6. The second-order valence-corrected chi connectivity index (χ2v) is 9.18. The Morgan fingerprint density at radius 3 is 2.68 bits per heavy atom. The molecule has 1 saturated heterocycles. The second kappa shape index (κ2) is 8.74. The number of methoxy groups -OCH3 is 1. The number of rotatable bonds is 7. The molecule has 2 heterocycles. The minimum Gasteiger partial charge on any atom is -0.495 e. The summed E-state index contributed by atoms with van der Waals surface area (Å²) < 4.78 is 53.4. The number of nitrogens with zero attached hydrogens (tertiary/aromatic N) is 3. The van der Waals surface area contributed by atoms with E-state index in [9.17, 15) is 12.8 Å². The predicted molar refractivity (Wildman–Crippen MR) is 110 cm³/mol. The Labute approximate surface area is 180 Å². The number of benzene rings is 2. The van der Waals surface area contributed by atoms with E-state index in [4.69, 9.17) is 9.47 Å². The number of H-pyrrole nitrogens is 1. The third kappa shape index (κ3) is 4.46. The zero-order valence-electron chi connectivity index (χ0n) is 17.2. The van der Waals surface area contributed by atoms with E-state index in [2.05, 4.69) is 15.2 Å². The third-order valence-electron chi connectivity index (χ3n) is 5.17. The lowest BCUT2D eigenvalue weighted by atomic mass is 10.2. The Bertz CT molecular complexity index is 1150. The lowest BCUT2D eigenvalue weighted by Crippen LogP contribution is -2.33. The zero-order valence-corrected chi connectivity index (χ0v) is 18.0. The third-order valence-corrected chi connectivity index (χ3v) is 7.07. The van der Waals surface area contributed by atoms with Crippen LogP contribution >= 0.6 is 0 Å². The van der Waals surface area contributed by atoms with Gasteiger partial charge in [0.25, 0.3) is 0 Å². The van der Waals surface area contributed by atoms with Gasteiger partial charge in [-0.1, -0.05) is 30.3 Å². The van der Waals surface area contributed by atoms with Crippen LogP contribution in [0.5, 0.6) is 5.75 Å². The average Bonchev–Trinajstić information content (AvgIpc) is 3.39. The highest BCUT2D eigenvalue weighted by atomic mass is 32.2. The number of halogens is 1. The van der Waals surface area contributed by atoms with Gasteiger partial charge in [-0.05, 0) is 37.1 Å². The summed E-state index contributed by atoms with van der Waals surface area (Å²) in [6.45, 7) is 2.18. The fourth-order valence-corrected chi connectivity index (χ4v) is 5.46. The summed E-state index contributed by atoms with van der Waals surface area (Å²) >= 11 is 0. The van der Waals surface area contributed by atoms with Gasteiger partial charge in [-0.25, -0.2) is 17.8 Å². The van der Waals surface area contributed by atoms with Gasteiger partial charge >= 0.3 is 0 Å². The van der Waals surface area contributed by atoms with Crippen molar-refractivity contribution in [2.45, 2.75) is 37.0 Å². The normalized spacial score (nSPS) is 19.6. The highest BCUT2D eigenvalue weighted by molar-refractivity contribution is 7.89. The topological polar surface area (TPSA) is 97.4 Å². The lowest BCUT2D eigenvalue weighted by Gasteiger charge is -2.23. The van der Waals surface area contributed by atoms with E-state index in [1.54, 1.807) is 6.92 Å². The molecule has 2 atom stereocenters. The molecular formula is C21H23FN4O4S. The summed E-state index contributed by atoms with van der Waals surface area (Å²) in [4.78, 5) is 4.09. The van der Waals surface area contributed by atoms with Crippen LogP contribution in [0.25, 0.3) is 0 Å². The molecule has 10 heteroatoms. The van der Waals surface area contributed by atoms with Gasteiger partial charge < -0.3 is 9.47 Å². The first-order chi connectivity index (χ1) is 14.9. The van der Waals surface area contributed by atoms with Crippen LogP contribution in [-0.2, 0) is 21.4 Å². The fraction of sp³-hybridized carbons (Fsp3) is 0.333. The van der Waals surface area contributed by atoms with Crippen molar-refractivity contribution in [2.75, 3.05) is 13.7 Å². The molecule has 1 fully saturated rings. The Hall–Kier alpha value is -2.82. The lowest BCUT2D eigenvalue weighted by molar-refractivity contribution is 0.0501. The fourth-order valence-electron chi connectivity index (χ4n) is 3.67. The van der Waals surface area contributed by atoms with E-state index in [1.165, 1.54) is 17.5 Å². The maximum atomic E-state index is 13.9. The van der Waals surface area contributed by atoms with Crippen LogP contribution in [0.15, 0.2) is 53.4 Å². The van der Waals surface area contributed by atoms with Gasteiger partial charge in [0.1, 0.15) is 22.3 Å². The number of hydrogen-bond donors (Lipinski definition) is 1. The summed E-state index contributed by atoms with van der Waals surface area (Å²) in [6.07, 6.45) is -0.000556. The molecule has 0 spiro atoms. The first-order valence-corrected chi connectivity index (χ1v) is 11.2. The van der Waals surface area contributed by atoms with Crippen molar-refractivity contribution < 1.29 is 22.3 Å². The molecule has 1 aliphatic heterocycles. The van der Waals surface area contributed by atoms with Crippen molar-refractivity contribution in [3.05, 3.63) is 71.6 Å². The molecule has 0 saturated carbocycles. The van der Waals surface area contributed by atoms with Gasteiger partial charge in [-0.2, -0.15) is 9.40 Å². The van der Waals surface area contributed by atoms with Crippen molar-refractivity contribution in [1.82, 2.24) is 19.5 Å². The molecular weight excluding hydrogens is 423 g/mol. The molecule has 0 unspecified atom stereocenters. The summed E-state index contributed by atoms with van der Waals surface area (Å²) in [5.41, 5.74) is 0.987. The molecule has 31 heavy (non-hydrogen) atoms. The van der Waals surface area contributed by atoms with Crippen molar-refractivity contribution in [1.29, 1.82) is 0 Å². The van der Waals surface area contributed by atoms with E-state index in [-0.39, 0.29) is 23.3 Å². The van der Waals surface area contributed by atoms with Crippen molar-refractivity contribution in [2.24, 2.45) is 0 Å². The maximum absolute atomic E-state index is 13.9. The summed E-state index contributed by atoms with van der Waals surface area (Å²) in [5, 5.41) is 6.92. The van der Waals surface area contributed by atoms with Crippen LogP contribution in [-0.4, -0.2) is 47.7 Å². The molecule has 1 aromatic heterocycles. The Morgan fingerprint density at radius 2 is 2.00 bits per heavy atom. The van der Waals surface area contributed by atoms with E-state index in [1.807, 2.05) is 30.3 Å². The summed E-state index contributed by atoms with van der Waals surface area (Å²) in [7, 11) is -2.77. The van der Waals surface area contributed by atoms with Gasteiger partial charge in [0.05, 0.1) is 25.9 Å². The van der Waals surface area contributed by atoms with Gasteiger partial charge in [0, 0.05) is 6.54 Å². The monoisotopic (exact) mass is 446 g/mol. The molecule has 4 rings (SSSR count). The standard InChI is InChI=1S/C21H23FN4O4S/c1-14-23-21(25-24-14)18-11-17(30-13-15-6-4-3-5-7-15)12-26(18)31(27,28)20-10-16(22)8-9-19(20)29-2/h3-10,17-18H,11-13H2,1-2H3,(H,23,24,25)/t17-,18-/m0/s1. The van der Waals surface area contributed by atoms with E-state index in [0.717, 1.165) is 17.7 Å². The van der Waals surface area contributed by atoms with Gasteiger partial charge in [-0.3, -0.25) is 5.10 Å². The maximum Gasteiger partial charge on any atom is 0.247 e. The van der Waals surface area contributed by atoms with Crippen LogP contribution in [0, 0.1) is 12.7 Å². The molecule has 164 valence electrons. The average molecular weight is 447 g/mol. The summed E-state index contributed by atoms with van der Waals surface area (Å²) in [6, 6.07) is 12.4.